The molecule has 0 radical (unpaired) electrons. The summed E-state index contributed by atoms with van der Waals surface area (Å²) in [6.07, 6.45) is 15.3. The molecule has 10 heavy (non-hydrogen) atoms. The molecule has 0 aromatic rings. The third-order valence-electron chi connectivity index (χ3n) is 1.42. The second-order valence-electron chi connectivity index (χ2n) is 2.18. The molecule has 0 unspecified atom stereocenters. The van der Waals surface area contributed by atoms with Gasteiger partial charge in [-0.15, -0.1) is 11.8 Å². The first-order chi connectivity index (χ1) is 4.93. The molecule has 1 heteroatoms. The lowest BCUT2D eigenvalue weighted by Gasteiger charge is -1.97. The fourth-order valence-corrected chi connectivity index (χ4v) is 1.37. The Morgan fingerprint density at radius 3 is 3.00 bits per heavy atom. The Balaban J connectivity index is 2.62. The standard InChI is InChI=1S/C9H12S/c1-10-9-7-5-3-2-4-6-8-9/h2-3,5,7-8H,4,6H2,1H3. The van der Waals surface area contributed by atoms with E-state index in [1.54, 1.807) is 0 Å². The van der Waals surface area contributed by atoms with Gasteiger partial charge in [-0.2, -0.15) is 0 Å². The average molecular weight is 152 g/mol. The van der Waals surface area contributed by atoms with E-state index in [1.165, 1.54) is 17.7 Å². The van der Waals surface area contributed by atoms with Crippen molar-refractivity contribution in [3.63, 3.8) is 0 Å². The lowest BCUT2D eigenvalue weighted by atomic mass is 10.2. The normalized spacial score (nSPS) is 17.9. The second kappa shape index (κ2) is 4.40. The summed E-state index contributed by atoms with van der Waals surface area (Å²) in [7, 11) is 0. The van der Waals surface area contributed by atoms with E-state index in [-0.39, 0.29) is 0 Å². The zero-order valence-electron chi connectivity index (χ0n) is 6.21. The summed E-state index contributed by atoms with van der Waals surface area (Å²) >= 11 is 1.81. The van der Waals surface area contributed by atoms with Gasteiger partial charge in [-0.05, 0) is 25.2 Å². The van der Waals surface area contributed by atoms with E-state index in [4.69, 9.17) is 0 Å². The van der Waals surface area contributed by atoms with Crippen LogP contribution in [0.1, 0.15) is 12.8 Å². The molecule has 0 N–H and O–H groups in total. The van der Waals surface area contributed by atoms with Gasteiger partial charge in [-0.25, -0.2) is 0 Å². The molecule has 0 saturated carbocycles. The minimum absolute atomic E-state index is 1.18. The molecule has 0 spiro atoms. The Morgan fingerprint density at radius 2 is 2.20 bits per heavy atom. The second-order valence-corrected chi connectivity index (χ2v) is 3.05. The third kappa shape index (κ3) is 2.44. The number of allylic oxidation sites excluding steroid dienone is 5. The van der Waals surface area contributed by atoms with E-state index in [0.717, 1.165) is 0 Å². The highest BCUT2D eigenvalue weighted by Crippen LogP contribution is 2.15. The maximum Gasteiger partial charge on any atom is 0.00293 e. The van der Waals surface area contributed by atoms with Crippen LogP contribution in [0.2, 0.25) is 0 Å². The SMILES string of the molecule is CSC1=CCCC=CC=C1. The van der Waals surface area contributed by atoms with Crippen molar-refractivity contribution in [3.8, 4) is 0 Å². The summed E-state index contributed by atoms with van der Waals surface area (Å²) in [4.78, 5) is 1.38. The Morgan fingerprint density at radius 1 is 1.30 bits per heavy atom. The van der Waals surface area contributed by atoms with Crippen molar-refractivity contribution in [2.45, 2.75) is 12.8 Å². The number of hydrogen-bond donors (Lipinski definition) is 0. The van der Waals surface area contributed by atoms with Gasteiger partial charge >= 0.3 is 0 Å². The van der Waals surface area contributed by atoms with Crippen LogP contribution in [0, 0.1) is 0 Å². The molecule has 0 aromatic heterocycles. The van der Waals surface area contributed by atoms with Gasteiger partial charge in [-0.1, -0.05) is 24.3 Å². The van der Waals surface area contributed by atoms with Crippen molar-refractivity contribution in [1.82, 2.24) is 0 Å². The molecule has 0 nitrogen and oxygen atoms in total. The number of rotatable bonds is 1. The van der Waals surface area contributed by atoms with Crippen molar-refractivity contribution >= 4 is 11.8 Å². The largest absolute Gasteiger partial charge is 0.130 e. The van der Waals surface area contributed by atoms with Gasteiger partial charge in [0.05, 0.1) is 0 Å². The van der Waals surface area contributed by atoms with Crippen LogP contribution in [0.5, 0.6) is 0 Å². The summed E-state index contributed by atoms with van der Waals surface area (Å²) in [6.45, 7) is 0. The molecule has 54 valence electrons. The van der Waals surface area contributed by atoms with Gasteiger partial charge in [0.25, 0.3) is 0 Å². The molecule has 0 heterocycles. The fraction of sp³-hybridized carbons (Fsp3) is 0.333. The van der Waals surface area contributed by atoms with Gasteiger partial charge in [0.2, 0.25) is 0 Å². The fourth-order valence-electron chi connectivity index (χ4n) is 0.866. The Kier molecular flexibility index (Phi) is 3.37. The molecule has 0 atom stereocenters. The summed E-state index contributed by atoms with van der Waals surface area (Å²) < 4.78 is 0. The number of hydrogen-bond acceptors (Lipinski definition) is 1. The predicted octanol–water partition coefficient (Wildman–Crippen LogP) is 3.14. The summed E-state index contributed by atoms with van der Waals surface area (Å²) in [5.74, 6) is 0. The van der Waals surface area contributed by atoms with Crippen LogP contribution in [0.15, 0.2) is 35.3 Å². The van der Waals surface area contributed by atoms with Crippen molar-refractivity contribution < 1.29 is 0 Å². The van der Waals surface area contributed by atoms with E-state index >= 15 is 0 Å². The van der Waals surface area contributed by atoms with Gasteiger partial charge in [-0.3, -0.25) is 0 Å². The quantitative estimate of drug-likeness (QED) is 0.556. The van der Waals surface area contributed by atoms with E-state index in [0.29, 0.717) is 0 Å². The molecule has 0 bridgehead atoms. The molecule has 0 aliphatic heterocycles. The third-order valence-corrected chi connectivity index (χ3v) is 2.20. The minimum atomic E-state index is 1.18. The van der Waals surface area contributed by atoms with Crippen LogP contribution < -0.4 is 0 Å². The van der Waals surface area contributed by atoms with Crippen LogP contribution in [0.3, 0.4) is 0 Å². The molecule has 1 rings (SSSR count). The van der Waals surface area contributed by atoms with Gasteiger partial charge in [0, 0.05) is 4.91 Å². The Bertz CT molecular complexity index is 172. The van der Waals surface area contributed by atoms with Crippen LogP contribution >= 0.6 is 11.8 Å². The number of thioether (sulfide) groups is 1. The summed E-state index contributed by atoms with van der Waals surface area (Å²) in [6, 6.07) is 0. The Labute approximate surface area is 66.7 Å². The van der Waals surface area contributed by atoms with Gasteiger partial charge in [0.15, 0.2) is 0 Å². The van der Waals surface area contributed by atoms with E-state index in [9.17, 15) is 0 Å². The van der Waals surface area contributed by atoms with E-state index in [1.807, 2.05) is 11.8 Å². The zero-order valence-corrected chi connectivity index (χ0v) is 7.03. The average Bonchev–Trinajstić information content (AvgIpc) is 1.87. The minimum Gasteiger partial charge on any atom is -0.130 e. The molecule has 0 saturated heterocycles. The zero-order chi connectivity index (χ0) is 7.23. The molecular formula is C9H12S. The summed E-state index contributed by atoms with van der Waals surface area (Å²) in [5, 5.41) is 0. The van der Waals surface area contributed by atoms with Crippen molar-refractivity contribution in [1.29, 1.82) is 0 Å². The van der Waals surface area contributed by atoms with Crippen molar-refractivity contribution in [2.75, 3.05) is 6.26 Å². The van der Waals surface area contributed by atoms with Crippen molar-refractivity contribution in [3.05, 3.63) is 35.3 Å². The topological polar surface area (TPSA) is 0 Å². The van der Waals surface area contributed by atoms with Crippen LogP contribution in [0.4, 0.5) is 0 Å². The molecule has 1 aliphatic carbocycles. The summed E-state index contributed by atoms with van der Waals surface area (Å²) in [5.41, 5.74) is 0. The lowest BCUT2D eigenvalue weighted by molar-refractivity contribution is 1.05. The molecule has 1 aliphatic rings. The molecular weight excluding hydrogens is 140 g/mol. The predicted molar refractivity (Wildman–Crippen MR) is 49.1 cm³/mol. The van der Waals surface area contributed by atoms with Crippen LogP contribution in [0.25, 0.3) is 0 Å². The lowest BCUT2D eigenvalue weighted by Crippen LogP contribution is -1.73. The monoisotopic (exact) mass is 152 g/mol. The van der Waals surface area contributed by atoms with Gasteiger partial charge < -0.3 is 0 Å². The Hall–Kier alpha value is -0.430. The van der Waals surface area contributed by atoms with Crippen LogP contribution in [-0.2, 0) is 0 Å². The first-order valence-corrected chi connectivity index (χ1v) is 4.73. The smallest absolute Gasteiger partial charge is 0.00293 e. The van der Waals surface area contributed by atoms with Gasteiger partial charge in [0.1, 0.15) is 0 Å². The van der Waals surface area contributed by atoms with Crippen molar-refractivity contribution in [2.24, 2.45) is 0 Å². The van der Waals surface area contributed by atoms with E-state index in [2.05, 4.69) is 36.6 Å². The maximum absolute atomic E-state index is 2.28. The molecule has 0 amide bonds. The highest BCUT2D eigenvalue weighted by molar-refractivity contribution is 8.02. The first-order valence-electron chi connectivity index (χ1n) is 3.51. The highest BCUT2D eigenvalue weighted by Gasteiger charge is 1.88. The van der Waals surface area contributed by atoms with Crippen LogP contribution in [-0.4, -0.2) is 6.26 Å². The molecule has 0 aromatic carbocycles. The molecule has 0 fully saturated rings. The highest BCUT2D eigenvalue weighted by atomic mass is 32.2. The van der Waals surface area contributed by atoms with E-state index < -0.39 is 0 Å². The maximum atomic E-state index is 2.28. The first kappa shape index (κ1) is 7.67.